The molecule has 0 aromatic rings. The van der Waals surface area contributed by atoms with E-state index in [-0.39, 0.29) is 17.0 Å². The summed E-state index contributed by atoms with van der Waals surface area (Å²) in [6.07, 6.45) is 11.5. The fourth-order valence-electron chi connectivity index (χ4n) is 2.60. The van der Waals surface area contributed by atoms with Crippen molar-refractivity contribution in [2.45, 2.75) is 44.6 Å². The summed E-state index contributed by atoms with van der Waals surface area (Å²) >= 11 is 0. The Bertz CT molecular complexity index is 474. The van der Waals surface area contributed by atoms with Crippen molar-refractivity contribution in [3.8, 4) is 0 Å². The van der Waals surface area contributed by atoms with Gasteiger partial charge < -0.3 is 10.6 Å². The maximum atomic E-state index is 11.2. The predicted octanol–water partition coefficient (Wildman–Crippen LogP) is 1.99. The van der Waals surface area contributed by atoms with Crippen LogP contribution < -0.4 is 10.6 Å². The van der Waals surface area contributed by atoms with Crippen molar-refractivity contribution in [1.82, 2.24) is 10.6 Å². The lowest BCUT2D eigenvalue weighted by Gasteiger charge is -2.24. The molecule has 6 nitrogen and oxygen atoms in total. The van der Waals surface area contributed by atoms with Gasteiger partial charge >= 0.3 is 0 Å². The molecule has 0 atom stereocenters. The number of nitro groups is 1. The maximum Gasteiger partial charge on any atom is 0.272 e. The Hall–Kier alpha value is -2.11. The van der Waals surface area contributed by atoms with Crippen LogP contribution in [0.15, 0.2) is 35.3 Å². The van der Waals surface area contributed by atoms with Crippen molar-refractivity contribution in [2.75, 3.05) is 0 Å². The lowest BCUT2D eigenvalue weighted by molar-refractivity contribution is -0.428. The van der Waals surface area contributed by atoms with Crippen LogP contribution >= 0.6 is 0 Å². The zero-order valence-electron chi connectivity index (χ0n) is 11.3. The van der Waals surface area contributed by atoms with Gasteiger partial charge in [-0.05, 0) is 25.0 Å². The van der Waals surface area contributed by atoms with Crippen LogP contribution in [0.5, 0.6) is 0 Å². The molecule has 2 rings (SSSR count). The van der Waals surface area contributed by atoms with Gasteiger partial charge in [-0.1, -0.05) is 25.3 Å². The number of amides is 1. The average molecular weight is 277 g/mol. The van der Waals surface area contributed by atoms with Gasteiger partial charge in [0.15, 0.2) is 0 Å². The minimum atomic E-state index is -0.351. The minimum Gasteiger partial charge on any atom is -0.377 e. The number of hydrogen-bond acceptors (Lipinski definition) is 4. The van der Waals surface area contributed by atoms with Crippen LogP contribution in [0.3, 0.4) is 0 Å². The van der Waals surface area contributed by atoms with Gasteiger partial charge in [0, 0.05) is 11.7 Å². The van der Waals surface area contributed by atoms with Crippen molar-refractivity contribution in [3.05, 3.63) is 45.4 Å². The van der Waals surface area contributed by atoms with Crippen molar-refractivity contribution >= 4 is 6.41 Å². The van der Waals surface area contributed by atoms with Gasteiger partial charge in [-0.2, -0.15) is 0 Å². The number of nitrogens with one attached hydrogen (secondary N) is 2. The van der Waals surface area contributed by atoms with Crippen LogP contribution in [0.2, 0.25) is 0 Å². The minimum absolute atomic E-state index is 0.148. The molecule has 0 aliphatic heterocycles. The molecule has 108 valence electrons. The molecule has 2 aliphatic rings. The first-order valence-electron chi connectivity index (χ1n) is 6.93. The molecule has 2 N–H and O–H groups in total. The molecule has 0 saturated heterocycles. The number of allylic oxidation sites excluding steroid dienone is 3. The van der Waals surface area contributed by atoms with E-state index in [2.05, 4.69) is 10.6 Å². The molecule has 0 heterocycles. The molecule has 2 aliphatic carbocycles. The monoisotopic (exact) mass is 277 g/mol. The summed E-state index contributed by atoms with van der Waals surface area (Å²) in [4.78, 5) is 21.3. The molecular weight excluding hydrogens is 258 g/mol. The van der Waals surface area contributed by atoms with E-state index in [1.54, 1.807) is 18.2 Å². The van der Waals surface area contributed by atoms with Gasteiger partial charge in [-0.3, -0.25) is 14.9 Å². The molecule has 0 bridgehead atoms. The second kappa shape index (κ2) is 6.88. The largest absolute Gasteiger partial charge is 0.377 e. The molecule has 0 aromatic heterocycles. The van der Waals surface area contributed by atoms with Gasteiger partial charge in [0.1, 0.15) is 5.70 Å². The summed E-state index contributed by atoms with van der Waals surface area (Å²) in [5.41, 5.74) is 1.29. The molecule has 0 aromatic carbocycles. The normalized spacial score (nSPS) is 20.1. The van der Waals surface area contributed by atoms with E-state index in [0.717, 1.165) is 12.8 Å². The van der Waals surface area contributed by atoms with Gasteiger partial charge in [-0.15, -0.1) is 0 Å². The van der Waals surface area contributed by atoms with Crippen LogP contribution in [0.25, 0.3) is 0 Å². The van der Waals surface area contributed by atoms with E-state index in [1.807, 2.05) is 0 Å². The Morgan fingerprint density at radius 2 is 2.00 bits per heavy atom. The summed E-state index contributed by atoms with van der Waals surface area (Å²) in [5, 5.41) is 17.0. The first-order chi connectivity index (χ1) is 9.70. The zero-order valence-corrected chi connectivity index (χ0v) is 11.3. The number of carbonyl (C=O) groups excluding carboxylic acids is 1. The third kappa shape index (κ3) is 3.69. The standard InChI is InChI=1S/C14H19N3O3/c18-10-15-11-6-8-13(14(9-7-11)17(19)20)16-12-4-2-1-3-5-12/h6-8,10,12,16H,1-5,9H2,(H,15,18). The number of hydrogen-bond donors (Lipinski definition) is 2. The SMILES string of the molecule is O=CNC1=CCC([N+](=O)[O-])=C(NC2CCCCC2)C=C1. The van der Waals surface area contributed by atoms with E-state index in [1.165, 1.54) is 19.3 Å². The molecule has 1 amide bonds. The smallest absolute Gasteiger partial charge is 0.272 e. The lowest BCUT2D eigenvalue weighted by Crippen LogP contribution is -2.31. The molecule has 0 spiro atoms. The van der Waals surface area contributed by atoms with Crippen LogP contribution in [-0.2, 0) is 4.79 Å². The molecule has 1 saturated carbocycles. The third-order valence-electron chi connectivity index (χ3n) is 3.67. The fraction of sp³-hybridized carbons (Fsp3) is 0.500. The molecule has 6 heteroatoms. The quantitative estimate of drug-likeness (QED) is 0.457. The summed E-state index contributed by atoms with van der Waals surface area (Å²) in [7, 11) is 0. The van der Waals surface area contributed by atoms with Crippen LogP contribution in [-0.4, -0.2) is 17.4 Å². The molecule has 20 heavy (non-hydrogen) atoms. The van der Waals surface area contributed by atoms with Crippen LogP contribution in [0, 0.1) is 10.1 Å². The second-order valence-electron chi connectivity index (χ2n) is 5.06. The fourth-order valence-corrected chi connectivity index (χ4v) is 2.60. The third-order valence-corrected chi connectivity index (χ3v) is 3.67. The lowest BCUT2D eigenvalue weighted by atomic mass is 9.95. The maximum absolute atomic E-state index is 11.2. The molecule has 0 radical (unpaired) electrons. The Morgan fingerprint density at radius 3 is 2.65 bits per heavy atom. The van der Waals surface area contributed by atoms with E-state index >= 15 is 0 Å². The van der Waals surface area contributed by atoms with Crippen molar-refractivity contribution in [1.29, 1.82) is 0 Å². The van der Waals surface area contributed by atoms with Gasteiger partial charge in [0.05, 0.1) is 11.3 Å². The summed E-state index contributed by atoms with van der Waals surface area (Å²) in [6, 6.07) is 0.305. The molecule has 1 fully saturated rings. The molecule has 0 unspecified atom stereocenters. The topological polar surface area (TPSA) is 84.3 Å². The van der Waals surface area contributed by atoms with E-state index in [9.17, 15) is 14.9 Å². The van der Waals surface area contributed by atoms with E-state index in [4.69, 9.17) is 0 Å². The highest BCUT2D eigenvalue weighted by Gasteiger charge is 2.21. The van der Waals surface area contributed by atoms with Crippen LogP contribution in [0.1, 0.15) is 38.5 Å². The number of nitrogens with zero attached hydrogens (tertiary/aromatic N) is 1. The van der Waals surface area contributed by atoms with Gasteiger partial charge in [0.25, 0.3) is 5.70 Å². The van der Waals surface area contributed by atoms with Crippen molar-refractivity contribution in [3.63, 3.8) is 0 Å². The van der Waals surface area contributed by atoms with Crippen molar-refractivity contribution in [2.24, 2.45) is 0 Å². The summed E-state index contributed by atoms with van der Waals surface area (Å²) in [5.74, 6) is 0. The second-order valence-corrected chi connectivity index (χ2v) is 5.06. The van der Waals surface area contributed by atoms with Crippen molar-refractivity contribution < 1.29 is 9.72 Å². The number of rotatable bonds is 5. The highest BCUT2D eigenvalue weighted by Crippen LogP contribution is 2.22. The van der Waals surface area contributed by atoms with Crippen LogP contribution in [0.4, 0.5) is 0 Å². The highest BCUT2D eigenvalue weighted by atomic mass is 16.6. The average Bonchev–Trinajstić information content (AvgIpc) is 2.63. The first-order valence-corrected chi connectivity index (χ1v) is 6.93. The molecular formula is C14H19N3O3. The summed E-state index contributed by atoms with van der Waals surface area (Å²) in [6.45, 7) is 0. The Kier molecular flexibility index (Phi) is 4.92. The Labute approximate surface area is 117 Å². The van der Waals surface area contributed by atoms with E-state index in [0.29, 0.717) is 23.8 Å². The van der Waals surface area contributed by atoms with E-state index < -0.39 is 0 Å². The number of carbonyl (C=O) groups is 1. The highest BCUT2D eigenvalue weighted by molar-refractivity contribution is 5.52. The Morgan fingerprint density at radius 1 is 1.25 bits per heavy atom. The van der Waals surface area contributed by atoms with Gasteiger partial charge in [0.2, 0.25) is 6.41 Å². The zero-order chi connectivity index (χ0) is 14.4. The van der Waals surface area contributed by atoms with Gasteiger partial charge in [-0.25, -0.2) is 0 Å². The Balaban J connectivity index is 2.14. The summed E-state index contributed by atoms with van der Waals surface area (Å²) < 4.78 is 0. The predicted molar refractivity (Wildman–Crippen MR) is 75.1 cm³/mol. The first kappa shape index (κ1) is 14.3.